The summed E-state index contributed by atoms with van der Waals surface area (Å²) in [6.07, 6.45) is -3.60. The predicted octanol–water partition coefficient (Wildman–Crippen LogP) is 4.78. The fourth-order valence-electron chi connectivity index (χ4n) is 2.49. The van der Waals surface area contributed by atoms with E-state index in [9.17, 15) is 18.0 Å². The summed E-state index contributed by atoms with van der Waals surface area (Å²) in [5.41, 5.74) is 0.908. The first kappa shape index (κ1) is 19.9. The molecule has 0 radical (unpaired) electrons. The van der Waals surface area contributed by atoms with Crippen molar-refractivity contribution in [2.45, 2.75) is 24.7 Å². The molecule has 0 saturated carbocycles. The third-order valence-corrected chi connectivity index (χ3v) is 4.79. The zero-order valence-electron chi connectivity index (χ0n) is 14.9. The summed E-state index contributed by atoms with van der Waals surface area (Å²) >= 11 is 1.04. The zero-order valence-corrected chi connectivity index (χ0v) is 15.7. The summed E-state index contributed by atoms with van der Waals surface area (Å²) in [6.45, 7) is 2.07. The lowest BCUT2D eigenvalue weighted by atomic mass is 10.1. The number of hydrogen-bond acceptors (Lipinski definition) is 4. The first-order chi connectivity index (χ1) is 13.4. The Kier molecular flexibility index (Phi) is 6.03. The molecule has 2 aromatic carbocycles. The number of thioether (sulfide) groups is 1. The molecule has 5 nitrogen and oxygen atoms in total. The lowest BCUT2D eigenvalue weighted by Gasteiger charge is -2.13. The minimum Gasteiger partial charge on any atom is -0.325 e. The molecule has 0 unspecified atom stereocenters. The number of rotatable bonds is 6. The van der Waals surface area contributed by atoms with Crippen LogP contribution in [0.1, 0.15) is 18.1 Å². The normalized spacial score (nSPS) is 11.4. The summed E-state index contributed by atoms with van der Waals surface area (Å²) in [5, 5.41) is 9.47. The standard InChI is InChI=1S/C19H17F3N4OS/c1-2-12-7-9-13(10-8-12)17-24-18(26-25-17)28-11-16(27)23-15-6-4-3-5-14(15)19(20,21)22/h3-10H,2,11H2,1H3,(H,23,27)(H,24,25,26). The summed E-state index contributed by atoms with van der Waals surface area (Å²) in [5.74, 6) is -0.119. The number of H-pyrrole nitrogens is 1. The maximum absolute atomic E-state index is 13.0. The molecule has 9 heteroatoms. The lowest BCUT2D eigenvalue weighted by molar-refractivity contribution is -0.137. The molecule has 0 aliphatic rings. The molecule has 0 aliphatic heterocycles. The quantitative estimate of drug-likeness (QED) is 0.578. The maximum atomic E-state index is 13.0. The summed E-state index contributed by atoms with van der Waals surface area (Å²) < 4.78 is 38.9. The minimum absolute atomic E-state index is 0.113. The van der Waals surface area contributed by atoms with E-state index in [-0.39, 0.29) is 11.4 Å². The van der Waals surface area contributed by atoms with Crippen molar-refractivity contribution in [2.24, 2.45) is 0 Å². The Labute approximate surface area is 163 Å². The Morgan fingerprint density at radius 1 is 1.14 bits per heavy atom. The van der Waals surface area contributed by atoms with Crippen molar-refractivity contribution in [3.63, 3.8) is 0 Å². The number of anilines is 1. The van der Waals surface area contributed by atoms with Crippen molar-refractivity contribution in [3.8, 4) is 11.4 Å². The van der Waals surface area contributed by atoms with Gasteiger partial charge in [-0.15, -0.1) is 5.10 Å². The topological polar surface area (TPSA) is 70.7 Å². The van der Waals surface area contributed by atoms with Crippen LogP contribution in [0.3, 0.4) is 0 Å². The fourth-order valence-corrected chi connectivity index (χ4v) is 3.09. The van der Waals surface area contributed by atoms with Gasteiger partial charge in [0.05, 0.1) is 17.0 Å². The molecule has 2 N–H and O–H groups in total. The fraction of sp³-hybridized carbons (Fsp3) is 0.211. The Morgan fingerprint density at radius 3 is 2.54 bits per heavy atom. The largest absolute Gasteiger partial charge is 0.418 e. The SMILES string of the molecule is CCc1ccc(-c2nc(SCC(=O)Nc3ccccc3C(F)(F)F)n[nH]2)cc1. The number of aromatic amines is 1. The van der Waals surface area contributed by atoms with Gasteiger partial charge in [-0.3, -0.25) is 9.89 Å². The van der Waals surface area contributed by atoms with E-state index < -0.39 is 17.6 Å². The highest BCUT2D eigenvalue weighted by Crippen LogP contribution is 2.34. The first-order valence-corrected chi connectivity index (χ1v) is 9.46. The second-order valence-corrected chi connectivity index (χ2v) is 6.84. The van der Waals surface area contributed by atoms with Gasteiger partial charge in [0.15, 0.2) is 5.82 Å². The van der Waals surface area contributed by atoms with E-state index in [0.717, 1.165) is 29.8 Å². The van der Waals surface area contributed by atoms with Crippen molar-refractivity contribution in [3.05, 3.63) is 59.7 Å². The number of halogens is 3. The van der Waals surface area contributed by atoms with E-state index in [1.165, 1.54) is 23.8 Å². The van der Waals surface area contributed by atoms with Gasteiger partial charge in [-0.1, -0.05) is 55.1 Å². The van der Waals surface area contributed by atoms with Gasteiger partial charge in [0.2, 0.25) is 11.1 Å². The second kappa shape index (κ2) is 8.47. The average molecular weight is 406 g/mol. The molecule has 0 saturated heterocycles. The van der Waals surface area contributed by atoms with Crippen molar-refractivity contribution in [1.82, 2.24) is 15.2 Å². The molecule has 0 aliphatic carbocycles. The number of carbonyl (C=O) groups excluding carboxylic acids is 1. The number of para-hydroxylation sites is 1. The van der Waals surface area contributed by atoms with E-state index >= 15 is 0 Å². The second-order valence-electron chi connectivity index (χ2n) is 5.90. The highest BCUT2D eigenvalue weighted by Gasteiger charge is 2.33. The van der Waals surface area contributed by atoms with Crippen molar-refractivity contribution in [2.75, 3.05) is 11.1 Å². The highest BCUT2D eigenvalue weighted by atomic mass is 32.2. The molecule has 0 fully saturated rings. The molecule has 28 heavy (non-hydrogen) atoms. The van der Waals surface area contributed by atoms with Crippen molar-refractivity contribution < 1.29 is 18.0 Å². The van der Waals surface area contributed by atoms with E-state index in [1.807, 2.05) is 24.3 Å². The smallest absolute Gasteiger partial charge is 0.325 e. The molecule has 3 rings (SSSR count). The molecular formula is C19H17F3N4OS. The van der Waals surface area contributed by atoms with Crippen LogP contribution < -0.4 is 5.32 Å². The van der Waals surface area contributed by atoms with Gasteiger partial charge in [-0.25, -0.2) is 4.98 Å². The monoisotopic (exact) mass is 406 g/mol. The third-order valence-electron chi connectivity index (χ3n) is 3.94. The predicted molar refractivity (Wildman–Crippen MR) is 102 cm³/mol. The maximum Gasteiger partial charge on any atom is 0.418 e. The average Bonchev–Trinajstić information content (AvgIpc) is 3.15. The number of nitrogens with zero attached hydrogens (tertiary/aromatic N) is 2. The van der Waals surface area contributed by atoms with E-state index in [4.69, 9.17) is 0 Å². The molecule has 3 aromatic rings. The highest BCUT2D eigenvalue weighted by molar-refractivity contribution is 7.99. The molecule has 0 bridgehead atoms. The Morgan fingerprint density at radius 2 is 1.86 bits per heavy atom. The van der Waals surface area contributed by atoms with E-state index in [1.54, 1.807) is 0 Å². The summed E-state index contributed by atoms with van der Waals surface area (Å²) in [4.78, 5) is 16.4. The number of carbonyl (C=O) groups is 1. The van der Waals surface area contributed by atoms with Crippen LogP contribution in [0.25, 0.3) is 11.4 Å². The van der Waals surface area contributed by atoms with Crippen molar-refractivity contribution in [1.29, 1.82) is 0 Å². The van der Waals surface area contributed by atoms with Crippen LogP contribution in [0.15, 0.2) is 53.7 Å². The molecular weight excluding hydrogens is 389 g/mol. The van der Waals surface area contributed by atoms with Crippen molar-refractivity contribution >= 4 is 23.4 Å². The number of benzene rings is 2. The van der Waals surface area contributed by atoms with Crippen LogP contribution in [0.2, 0.25) is 0 Å². The summed E-state index contributed by atoms with van der Waals surface area (Å²) in [6, 6.07) is 12.7. The van der Waals surface area contributed by atoms with Gasteiger partial charge in [0, 0.05) is 5.56 Å². The minimum atomic E-state index is -4.54. The van der Waals surface area contributed by atoms with Crippen LogP contribution in [0.4, 0.5) is 18.9 Å². The summed E-state index contributed by atoms with van der Waals surface area (Å²) in [7, 11) is 0. The molecule has 0 spiro atoms. The van der Waals surface area contributed by atoms with Gasteiger partial charge in [-0.05, 0) is 24.1 Å². The van der Waals surface area contributed by atoms with Crippen LogP contribution in [-0.4, -0.2) is 26.8 Å². The molecule has 1 amide bonds. The number of aryl methyl sites for hydroxylation is 1. The number of aromatic nitrogens is 3. The molecule has 0 atom stereocenters. The van der Waals surface area contributed by atoms with Crippen LogP contribution >= 0.6 is 11.8 Å². The lowest BCUT2D eigenvalue weighted by Crippen LogP contribution is -2.18. The van der Waals surface area contributed by atoms with Crippen LogP contribution in [0, 0.1) is 0 Å². The molecule has 1 aromatic heterocycles. The van der Waals surface area contributed by atoms with Crippen LogP contribution in [0.5, 0.6) is 0 Å². The molecule has 146 valence electrons. The Balaban J connectivity index is 1.61. The van der Waals surface area contributed by atoms with E-state index in [0.29, 0.717) is 11.0 Å². The number of amides is 1. The van der Waals surface area contributed by atoms with Gasteiger partial charge in [0.1, 0.15) is 0 Å². The Hall–Kier alpha value is -2.81. The van der Waals surface area contributed by atoms with Gasteiger partial charge in [-0.2, -0.15) is 13.2 Å². The van der Waals surface area contributed by atoms with Gasteiger partial charge in [0.25, 0.3) is 0 Å². The van der Waals surface area contributed by atoms with Gasteiger partial charge >= 0.3 is 6.18 Å². The first-order valence-electron chi connectivity index (χ1n) is 8.47. The van der Waals surface area contributed by atoms with Crippen LogP contribution in [-0.2, 0) is 17.4 Å². The zero-order chi connectivity index (χ0) is 20.1. The third kappa shape index (κ3) is 4.92. The Bertz CT molecular complexity index is 954. The van der Waals surface area contributed by atoms with Gasteiger partial charge < -0.3 is 5.32 Å². The number of hydrogen-bond donors (Lipinski definition) is 2. The number of nitrogens with one attached hydrogen (secondary N) is 2. The number of alkyl halides is 3. The van der Waals surface area contributed by atoms with E-state index in [2.05, 4.69) is 27.4 Å². The molecule has 1 heterocycles.